The Morgan fingerprint density at radius 1 is 1.21 bits per heavy atom. The van der Waals surface area contributed by atoms with Crippen LogP contribution >= 0.6 is 0 Å². The van der Waals surface area contributed by atoms with Crippen molar-refractivity contribution in [2.75, 3.05) is 52.7 Å². The van der Waals surface area contributed by atoms with Gasteiger partial charge >= 0.3 is 0 Å². The molecule has 0 aromatic heterocycles. The summed E-state index contributed by atoms with van der Waals surface area (Å²) >= 11 is 0. The molecule has 1 aliphatic heterocycles. The maximum atomic E-state index is 13.5. The first kappa shape index (κ1) is 22.4. The molecule has 1 aromatic carbocycles. The lowest BCUT2D eigenvalue weighted by molar-refractivity contribution is 0.0205. The van der Waals surface area contributed by atoms with E-state index in [-0.39, 0.29) is 12.4 Å². The van der Waals surface area contributed by atoms with E-state index in [1.54, 1.807) is 0 Å². The van der Waals surface area contributed by atoms with Gasteiger partial charge in [0, 0.05) is 45.6 Å². The lowest BCUT2D eigenvalue weighted by atomic mass is 10.0. The van der Waals surface area contributed by atoms with Gasteiger partial charge in [-0.05, 0) is 44.2 Å². The molecule has 1 heterocycles. The van der Waals surface area contributed by atoms with E-state index in [4.69, 9.17) is 14.2 Å². The van der Waals surface area contributed by atoms with Crippen LogP contribution in [0.5, 0.6) is 5.75 Å². The molecule has 1 saturated heterocycles. The molecular formula is C20H31F2N3O3. The summed E-state index contributed by atoms with van der Waals surface area (Å²) in [7, 11) is 0. The van der Waals surface area contributed by atoms with Crippen molar-refractivity contribution in [3.05, 3.63) is 29.8 Å². The highest BCUT2D eigenvalue weighted by Crippen LogP contribution is 2.17. The van der Waals surface area contributed by atoms with Crippen LogP contribution in [0.2, 0.25) is 0 Å². The van der Waals surface area contributed by atoms with Crippen molar-refractivity contribution in [1.82, 2.24) is 10.6 Å². The molecule has 0 spiro atoms. The SMILES string of the molecule is CCNC(=NCCCOCC1CCOCC1)NCCOc1ccc(F)cc1F. The number of benzene rings is 1. The monoisotopic (exact) mass is 399 g/mol. The van der Waals surface area contributed by atoms with Crippen LogP contribution in [-0.4, -0.2) is 58.6 Å². The Kier molecular flexibility index (Phi) is 10.6. The maximum absolute atomic E-state index is 13.5. The predicted octanol–water partition coefficient (Wildman–Crippen LogP) is 2.73. The van der Waals surface area contributed by atoms with Crippen LogP contribution in [0.15, 0.2) is 23.2 Å². The molecular weight excluding hydrogens is 368 g/mol. The summed E-state index contributed by atoms with van der Waals surface area (Å²) in [6.07, 6.45) is 3.00. The van der Waals surface area contributed by atoms with Gasteiger partial charge < -0.3 is 24.8 Å². The van der Waals surface area contributed by atoms with Crippen LogP contribution < -0.4 is 15.4 Å². The van der Waals surface area contributed by atoms with Crippen molar-refractivity contribution in [3.63, 3.8) is 0 Å². The summed E-state index contributed by atoms with van der Waals surface area (Å²) in [6.45, 7) is 7.22. The number of rotatable bonds is 11. The van der Waals surface area contributed by atoms with Crippen molar-refractivity contribution >= 4 is 5.96 Å². The zero-order valence-electron chi connectivity index (χ0n) is 16.5. The zero-order chi connectivity index (χ0) is 20.0. The normalized spacial score (nSPS) is 15.5. The van der Waals surface area contributed by atoms with Crippen molar-refractivity contribution < 1.29 is 23.0 Å². The van der Waals surface area contributed by atoms with E-state index in [1.165, 1.54) is 12.1 Å². The van der Waals surface area contributed by atoms with Crippen molar-refractivity contribution in [1.29, 1.82) is 0 Å². The summed E-state index contributed by atoms with van der Waals surface area (Å²) < 4.78 is 42.8. The second-order valence-electron chi connectivity index (χ2n) is 6.59. The van der Waals surface area contributed by atoms with Crippen LogP contribution in [0.3, 0.4) is 0 Å². The molecule has 2 N–H and O–H groups in total. The number of aliphatic imine (C=N–C) groups is 1. The molecule has 1 fully saturated rings. The molecule has 2 rings (SSSR count). The highest BCUT2D eigenvalue weighted by Gasteiger charge is 2.13. The highest BCUT2D eigenvalue weighted by atomic mass is 19.1. The number of hydrogen-bond donors (Lipinski definition) is 2. The quantitative estimate of drug-likeness (QED) is 0.340. The second-order valence-corrected chi connectivity index (χ2v) is 6.59. The predicted molar refractivity (Wildman–Crippen MR) is 105 cm³/mol. The lowest BCUT2D eigenvalue weighted by Crippen LogP contribution is -2.39. The molecule has 0 radical (unpaired) electrons. The minimum absolute atomic E-state index is 0.0341. The van der Waals surface area contributed by atoms with Crippen LogP contribution in [0.1, 0.15) is 26.2 Å². The molecule has 0 unspecified atom stereocenters. The van der Waals surface area contributed by atoms with Crippen LogP contribution in [0.25, 0.3) is 0 Å². The van der Waals surface area contributed by atoms with E-state index < -0.39 is 11.6 Å². The smallest absolute Gasteiger partial charge is 0.191 e. The molecule has 0 saturated carbocycles. The van der Waals surface area contributed by atoms with Gasteiger partial charge in [-0.15, -0.1) is 0 Å². The average molecular weight is 399 g/mol. The molecule has 1 aliphatic rings. The topological polar surface area (TPSA) is 64.1 Å². The summed E-state index contributed by atoms with van der Waals surface area (Å²) in [5.41, 5.74) is 0. The van der Waals surface area contributed by atoms with Crippen molar-refractivity contribution in [2.24, 2.45) is 10.9 Å². The van der Waals surface area contributed by atoms with E-state index in [1.807, 2.05) is 6.92 Å². The molecule has 0 aliphatic carbocycles. The minimum Gasteiger partial charge on any atom is -0.489 e. The Bertz CT molecular complexity index is 596. The number of guanidine groups is 1. The third-order valence-corrected chi connectivity index (χ3v) is 4.30. The van der Waals surface area contributed by atoms with E-state index in [9.17, 15) is 8.78 Å². The first-order valence-corrected chi connectivity index (χ1v) is 9.94. The molecule has 1 aromatic rings. The number of nitrogens with zero attached hydrogens (tertiary/aromatic N) is 1. The van der Waals surface area contributed by atoms with Gasteiger partial charge in [0.05, 0.1) is 6.54 Å². The Morgan fingerprint density at radius 2 is 2.04 bits per heavy atom. The Balaban J connectivity index is 1.58. The summed E-state index contributed by atoms with van der Waals surface area (Å²) in [5, 5.41) is 6.27. The Morgan fingerprint density at radius 3 is 2.79 bits per heavy atom. The van der Waals surface area contributed by atoms with Crippen LogP contribution in [0, 0.1) is 17.6 Å². The maximum Gasteiger partial charge on any atom is 0.191 e. The molecule has 28 heavy (non-hydrogen) atoms. The highest BCUT2D eigenvalue weighted by molar-refractivity contribution is 5.79. The minimum atomic E-state index is -0.707. The van der Waals surface area contributed by atoms with E-state index in [2.05, 4.69) is 15.6 Å². The Labute approximate surface area is 165 Å². The molecule has 158 valence electrons. The Hall–Kier alpha value is -1.93. The zero-order valence-corrected chi connectivity index (χ0v) is 16.5. The summed E-state index contributed by atoms with van der Waals surface area (Å²) in [6, 6.07) is 3.25. The van der Waals surface area contributed by atoms with Crippen LogP contribution in [0.4, 0.5) is 8.78 Å². The molecule has 6 nitrogen and oxygen atoms in total. The van der Waals surface area contributed by atoms with E-state index in [0.717, 1.165) is 51.7 Å². The van der Waals surface area contributed by atoms with Crippen molar-refractivity contribution in [3.8, 4) is 5.75 Å². The first-order chi connectivity index (χ1) is 13.7. The second kappa shape index (κ2) is 13.3. The standard InChI is InChI=1S/C20H31F2N3O3/c1-2-23-20(24-8-3-10-27-15-16-6-11-26-12-7-16)25-9-13-28-19-5-4-17(21)14-18(19)22/h4-5,14,16H,2-3,6-13,15H2,1H3,(H2,23,24,25). The van der Waals surface area contributed by atoms with E-state index >= 15 is 0 Å². The number of nitrogens with one attached hydrogen (secondary N) is 2. The largest absolute Gasteiger partial charge is 0.489 e. The molecule has 0 bridgehead atoms. The third-order valence-electron chi connectivity index (χ3n) is 4.30. The summed E-state index contributed by atoms with van der Waals surface area (Å²) in [5.74, 6) is -0.00768. The van der Waals surface area contributed by atoms with Gasteiger partial charge in [0.15, 0.2) is 17.5 Å². The number of halogens is 2. The molecule has 0 amide bonds. The molecule has 8 heteroatoms. The van der Waals surface area contributed by atoms with Gasteiger partial charge in [0.2, 0.25) is 0 Å². The van der Waals surface area contributed by atoms with Gasteiger partial charge in [0.25, 0.3) is 0 Å². The lowest BCUT2D eigenvalue weighted by Gasteiger charge is -2.21. The van der Waals surface area contributed by atoms with E-state index in [0.29, 0.717) is 31.6 Å². The van der Waals surface area contributed by atoms with Crippen molar-refractivity contribution in [2.45, 2.75) is 26.2 Å². The fourth-order valence-corrected chi connectivity index (χ4v) is 2.78. The summed E-state index contributed by atoms with van der Waals surface area (Å²) in [4.78, 5) is 4.49. The first-order valence-electron chi connectivity index (χ1n) is 9.94. The average Bonchev–Trinajstić information content (AvgIpc) is 2.70. The third kappa shape index (κ3) is 8.84. The fraction of sp³-hybridized carbons (Fsp3) is 0.650. The van der Waals surface area contributed by atoms with Gasteiger partial charge in [-0.25, -0.2) is 8.78 Å². The van der Waals surface area contributed by atoms with Gasteiger partial charge in [-0.3, -0.25) is 4.99 Å². The fourth-order valence-electron chi connectivity index (χ4n) is 2.78. The number of hydrogen-bond acceptors (Lipinski definition) is 4. The van der Waals surface area contributed by atoms with Gasteiger partial charge in [-0.2, -0.15) is 0 Å². The molecule has 0 atom stereocenters. The number of ether oxygens (including phenoxy) is 3. The van der Waals surface area contributed by atoms with Crippen LogP contribution in [-0.2, 0) is 9.47 Å². The van der Waals surface area contributed by atoms with Gasteiger partial charge in [0.1, 0.15) is 12.4 Å². The van der Waals surface area contributed by atoms with Gasteiger partial charge in [-0.1, -0.05) is 0 Å².